The third-order valence-electron chi connectivity index (χ3n) is 2.80. The predicted octanol–water partition coefficient (Wildman–Crippen LogP) is 1.63. The topological polar surface area (TPSA) is 70.2 Å². The number of carbonyl (C=O) groups excluding carboxylic acids is 2. The van der Waals surface area contributed by atoms with E-state index in [2.05, 4.69) is 16.0 Å². The number of carbonyl (C=O) groups is 2. The highest BCUT2D eigenvalue weighted by atomic mass is 16.2. The summed E-state index contributed by atoms with van der Waals surface area (Å²) in [6, 6.07) is 3.11. The second-order valence-corrected chi connectivity index (χ2v) is 4.32. The van der Waals surface area contributed by atoms with Crippen molar-refractivity contribution >= 4 is 12.1 Å². The molecule has 0 saturated carbocycles. The van der Waals surface area contributed by atoms with Crippen LogP contribution in [0.2, 0.25) is 0 Å². The lowest BCUT2D eigenvalue weighted by atomic mass is 9.97. The maximum atomic E-state index is 11.3. The van der Waals surface area contributed by atoms with E-state index < -0.39 is 18.2 Å². The van der Waals surface area contributed by atoms with Crippen LogP contribution in [0.1, 0.15) is 28.4 Å². The van der Waals surface area contributed by atoms with Gasteiger partial charge in [0.1, 0.15) is 6.17 Å². The smallest absolute Gasteiger partial charge is 0.313 e. The van der Waals surface area contributed by atoms with Gasteiger partial charge in [-0.2, -0.15) is 0 Å². The molecule has 90 valence electrons. The number of nitrogens with one attached hydrogen (secondary N) is 3. The molecule has 5 nitrogen and oxygen atoms in total. The summed E-state index contributed by atoms with van der Waals surface area (Å²) in [5, 5.41) is 7.49. The highest BCUT2D eigenvalue weighted by molar-refractivity contribution is 5.96. The molecule has 1 aromatic carbocycles. The van der Waals surface area contributed by atoms with Crippen molar-refractivity contribution in [2.75, 3.05) is 0 Å². The Hall–Kier alpha value is -2.04. The number of aryl methyl sites for hydroxylation is 3. The molecule has 1 heterocycles. The van der Waals surface area contributed by atoms with Gasteiger partial charge in [-0.3, -0.25) is 5.32 Å². The van der Waals surface area contributed by atoms with Gasteiger partial charge in [-0.1, -0.05) is 17.7 Å². The van der Waals surface area contributed by atoms with Gasteiger partial charge >= 0.3 is 12.1 Å². The highest BCUT2D eigenvalue weighted by Crippen LogP contribution is 2.22. The zero-order valence-corrected chi connectivity index (χ0v) is 10.0. The Morgan fingerprint density at radius 3 is 1.88 bits per heavy atom. The average Bonchev–Trinajstić information content (AvgIpc) is 2.13. The van der Waals surface area contributed by atoms with Crippen molar-refractivity contribution in [1.82, 2.24) is 16.0 Å². The summed E-state index contributed by atoms with van der Waals surface area (Å²) >= 11 is 0. The minimum Gasteiger partial charge on any atom is -0.313 e. The molecule has 0 atom stereocenters. The van der Waals surface area contributed by atoms with E-state index in [1.54, 1.807) is 0 Å². The molecular weight excluding hydrogens is 218 g/mol. The molecule has 0 aliphatic carbocycles. The van der Waals surface area contributed by atoms with E-state index in [1.165, 1.54) is 0 Å². The maximum Gasteiger partial charge on any atom is 0.324 e. The normalized spacial score (nSPS) is 16.2. The summed E-state index contributed by atoms with van der Waals surface area (Å²) < 4.78 is 0. The number of benzene rings is 1. The fraction of sp³-hybridized carbons (Fsp3) is 0.333. The summed E-state index contributed by atoms with van der Waals surface area (Å²) in [4.78, 5) is 22.5. The Labute approximate surface area is 99.6 Å². The molecule has 0 bridgehead atoms. The molecule has 3 N–H and O–H groups in total. The minimum absolute atomic E-state index is 0.461. The summed E-state index contributed by atoms with van der Waals surface area (Å²) in [5.74, 6) is 0. The van der Waals surface area contributed by atoms with E-state index in [4.69, 9.17) is 0 Å². The lowest BCUT2D eigenvalue weighted by molar-refractivity contribution is 0.209. The Morgan fingerprint density at radius 2 is 1.41 bits per heavy atom. The summed E-state index contributed by atoms with van der Waals surface area (Å²) in [5.41, 5.74) is 4.21. The number of hydrogen-bond acceptors (Lipinski definition) is 2. The standard InChI is InChI=1S/C12H15N3O2/c1-6-4-7(2)9(8(3)5-6)10-13-11(16)15-12(17)14-10/h4-5,10H,1-3H3,(H3,13,14,15,16,17). The predicted molar refractivity (Wildman–Crippen MR) is 63.6 cm³/mol. The van der Waals surface area contributed by atoms with Gasteiger partial charge in [0.05, 0.1) is 0 Å². The lowest BCUT2D eigenvalue weighted by Gasteiger charge is -2.28. The monoisotopic (exact) mass is 233 g/mol. The fourth-order valence-electron chi connectivity index (χ4n) is 2.26. The quantitative estimate of drug-likeness (QED) is 0.690. The van der Waals surface area contributed by atoms with Crippen LogP contribution >= 0.6 is 0 Å². The summed E-state index contributed by atoms with van der Waals surface area (Å²) in [6.07, 6.45) is -0.461. The molecule has 1 aliphatic heterocycles. The zero-order chi connectivity index (χ0) is 12.6. The van der Waals surface area contributed by atoms with Crippen LogP contribution in [0.5, 0.6) is 0 Å². The third kappa shape index (κ3) is 2.22. The highest BCUT2D eigenvalue weighted by Gasteiger charge is 2.26. The molecule has 1 fully saturated rings. The first-order chi connectivity index (χ1) is 7.97. The van der Waals surface area contributed by atoms with Crippen LogP contribution in [-0.2, 0) is 0 Å². The van der Waals surface area contributed by atoms with Crippen LogP contribution in [-0.4, -0.2) is 12.1 Å². The van der Waals surface area contributed by atoms with Crippen LogP contribution in [0.4, 0.5) is 9.59 Å². The average molecular weight is 233 g/mol. The summed E-state index contributed by atoms with van der Waals surface area (Å²) in [6.45, 7) is 5.95. The SMILES string of the molecule is Cc1cc(C)c(C2NC(=O)NC(=O)N2)c(C)c1. The molecule has 0 aromatic heterocycles. The van der Waals surface area contributed by atoms with E-state index >= 15 is 0 Å². The van der Waals surface area contributed by atoms with Crippen molar-refractivity contribution in [3.63, 3.8) is 0 Å². The molecule has 2 rings (SSSR count). The van der Waals surface area contributed by atoms with Gasteiger partial charge in [-0.25, -0.2) is 9.59 Å². The Bertz CT molecular complexity index is 458. The Kier molecular flexibility index (Phi) is 2.75. The molecule has 1 aliphatic rings. The van der Waals surface area contributed by atoms with E-state index in [0.29, 0.717) is 0 Å². The van der Waals surface area contributed by atoms with Crippen molar-refractivity contribution < 1.29 is 9.59 Å². The number of urea groups is 2. The van der Waals surface area contributed by atoms with E-state index in [0.717, 1.165) is 22.3 Å². The summed E-state index contributed by atoms with van der Waals surface area (Å²) in [7, 11) is 0. The van der Waals surface area contributed by atoms with Crippen molar-refractivity contribution in [2.24, 2.45) is 0 Å². The van der Waals surface area contributed by atoms with Crippen molar-refractivity contribution in [3.8, 4) is 0 Å². The lowest BCUT2D eigenvalue weighted by Crippen LogP contribution is -2.57. The zero-order valence-electron chi connectivity index (χ0n) is 10.0. The van der Waals surface area contributed by atoms with E-state index in [1.807, 2.05) is 32.9 Å². The largest absolute Gasteiger partial charge is 0.324 e. The molecule has 1 aromatic rings. The van der Waals surface area contributed by atoms with Crippen LogP contribution in [0.25, 0.3) is 0 Å². The maximum absolute atomic E-state index is 11.3. The molecule has 0 unspecified atom stereocenters. The first-order valence-corrected chi connectivity index (χ1v) is 5.43. The van der Waals surface area contributed by atoms with Crippen molar-refractivity contribution in [3.05, 3.63) is 34.4 Å². The number of hydrogen-bond donors (Lipinski definition) is 3. The number of imide groups is 1. The third-order valence-corrected chi connectivity index (χ3v) is 2.80. The van der Waals surface area contributed by atoms with Gasteiger partial charge in [0, 0.05) is 5.56 Å². The Balaban J connectivity index is 2.40. The van der Waals surface area contributed by atoms with Crippen LogP contribution in [0, 0.1) is 20.8 Å². The minimum atomic E-state index is -0.474. The second kappa shape index (κ2) is 4.08. The second-order valence-electron chi connectivity index (χ2n) is 4.32. The van der Waals surface area contributed by atoms with Gasteiger partial charge < -0.3 is 10.6 Å². The molecular formula is C12H15N3O2. The van der Waals surface area contributed by atoms with Crippen LogP contribution in [0.15, 0.2) is 12.1 Å². The number of amides is 4. The van der Waals surface area contributed by atoms with Crippen molar-refractivity contribution in [1.29, 1.82) is 0 Å². The van der Waals surface area contributed by atoms with Gasteiger partial charge in [0.2, 0.25) is 0 Å². The van der Waals surface area contributed by atoms with E-state index in [9.17, 15) is 9.59 Å². The van der Waals surface area contributed by atoms with Crippen molar-refractivity contribution in [2.45, 2.75) is 26.9 Å². The molecule has 17 heavy (non-hydrogen) atoms. The van der Waals surface area contributed by atoms with Gasteiger partial charge in [-0.05, 0) is 31.9 Å². The molecule has 5 heteroatoms. The fourth-order valence-corrected chi connectivity index (χ4v) is 2.26. The van der Waals surface area contributed by atoms with Crippen LogP contribution < -0.4 is 16.0 Å². The first kappa shape index (κ1) is 11.4. The molecule has 0 spiro atoms. The molecule has 0 radical (unpaired) electrons. The van der Waals surface area contributed by atoms with Crippen LogP contribution in [0.3, 0.4) is 0 Å². The molecule has 4 amide bonds. The van der Waals surface area contributed by atoms with Gasteiger partial charge in [-0.15, -0.1) is 0 Å². The van der Waals surface area contributed by atoms with Gasteiger partial charge in [0.15, 0.2) is 0 Å². The molecule has 1 saturated heterocycles. The van der Waals surface area contributed by atoms with E-state index in [-0.39, 0.29) is 0 Å². The Morgan fingerprint density at radius 1 is 0.941 bits per heavy atom. The van der Waals surface area contributed by atoms with Gasteiger partial charge in [0.25, 0.3) is 0 Å². The first-order valence-electron chi connectivity index (χ1n) is 5.43. The number of rotatable bonds is 1.